The van der Waals surface area contributed by atoms with Gasteiger partial charge in [0.1, 0.15) is 5.75 Å². The van der Waals surface area contributed by atoms with Crippen LogP contribution in [0.4, 0.5) is 0 Å². The number of hydrogen-bond acceptors (Lipinski definition) is 4. The maximum atomic E-state index is 10.1. The molecular weight excluding hydrogens is 228 g/mol. The smallest absolute Gasteiger partial charge is 0.118 e. The van der Waals surface area contributed by atoms with Crippen LogP contribution in [0.1, 0.15) is 23.1 Å². The molecule has 2 aromatic rings. The Kier molecular flexibility index (Phi) is 3.89. The lowest BCUT2D eigenvalue weighted by molar-refractivity contribution is 0.177. The lowest BCUT2D eigenvalue weighted by Gasteiger charge is -2.11. The number of benzene rings is 1. The van der Waals surface area contributed by atoms with Crippen molar-refractivity contribution in [2.24, 2.45) is 0 Å². The predicted octanol–water partition coefficient (Wildman–Crippen LogP) is 2.07. The first-order chi connectivity index (χ1) is 8.69. The second-order valence-electron chi connectivity index (χ2n) is 4.14. The fourth-order valence-electron chi connectivity index (χ4n) is 1.67. The van der Waals surface area contributed by atoms with Gasteiger partial charge < -0.3 is 9.84 Å². The van der Waals surface area contributed by atoms with E-state index in [-0.39, 0.29) is 0 Å². The lowest BCUT2D eigenvalue weighted by atomic mass is 10.1. The largest absolute Gasteiger partial charge is 0.497 e. The molecule has 1 heterocycles. The predicted molar refractivity (Wildman–Crippen MR) is 68.4 cm³/mol. The van der Waals surface area contributed by atoms with Crippen LogP contribution < -0.4 is 4.74 Å². The Bertz CT molecular complexity index is 494. The Labute approximate surface area is 106 Å². The van der Waals surface area contributed by atoms with Crippen molar-refractivity contribution in [1.82, 2.24) is 9.97 Å². The van der Waals surface area contributed by atoms with Crippen LogP contribution in [-0.2, 0) is 6.42 Å². The number of hydrogen-bond donors (Lipinski definition) is 1. The van der Waals surface area contributed by atoms with E-state index in [0.717, 1.165) is 22.7 Å². The summed E-state index contributed by atoms with van der Waals surface area (Å²) in [5, 5.41) is 10.1. The Hall–Kier alpha value is -1.94. The van der Waals surface area contributed by atoms with Gasteiger partial charge in [-0.2, -0.15) is 0 Å². The Balaban J connectivity index is 2.06. The average molecular weight is 244 g/mol. The van der Waals surface area contributed by atoms with Crippen LogP contribution in [0.3, 0.4) is 0 Å². The standard InChI is InChI=1S/C14H16N2O2/c1-10-8-16-12(9-15-10)7-14(17)11-3-5-13(18-2)6-4-11/h3-6,8-9,14,17H,7H2,1-2H3/t14-/m1/s1. The molecule has 1 N–H and O–H groups in total. The summed E-state index contributed by atoms with van der Waals surface area (Å²) >= 11 is 0. The molecule has 0 fully saturated rings. The van der Waals surface area contributed by atoms with E-state index in [1.165, 1.54) is 0 Å². The quantitative estimate of drug-likeness (QED) is 0.894. The van der Waals surface area contributed by atoms with Crippen LogP contribution >= 0.6 is 0 Å². The van der Waals surface area contributed by atoms with Gasteiger partial charge in [-0.05, 0) is 24.6 Å². The van der Waals surface area contributed by atoms with Gasteiger partial charge in [0.05, 0.1) is 24.6 Å². The number of aromatic nitrogens is 2. The maximum absolute atomic E-state index is 10.1. The zero-order chi connectivity index (χ0) is 13.0. The van der Waals surface area contributed by atoms with Crippen molar-refractivity contribution < 1.29 is 9.84 Å². The molecule has 0 aliphatic carbocycles. The van der Waals surface area contributed by atoms with E-state index in [9.17, 15) is 5.11 Å². The summed E-state index contributed by atoms with van der Waals surface area (Å²) < 4.78 is 5.08. The van der Waals surface area contributed by atoms with Gasteiger partial charge in [0.25, 0.3) is 0 Å². The van der Waals surface area contributed by atoms with Gasteiger partial charge in [-0.15, -0.1) is 0 Å². The highest BCUT2D eigenvalue weighted by atomic mass is 16.5. The van der Waals surface area contributed by atoms with E-state index in [1.807, 2.05) is 31.2 Å². The Morgan fingerprint density at radius 3 is 2.44 bits per heavy atom. The van der Waals surface area contributed by atoms with E-state index in [0.29, 0.717) is 6.42 Å². The molecule has 0 spiro atoms. The molecule has 0 radical (unpaired) electrons. The average Bonchev–Trinajstić information content (AvgIpc) is 2.41. The molecular formula is C14H16N2O2. The molecule has 0 unspecified atom stereocenters. The number of ether oxygens (including phenoxy) is 1. The molecule has 0 bridgehead atoms. The number of aryl methyl sites for hydroxylation is 1. The van der Waals surface area contributed by atoms with Gasteiger partial charge >= 0.3 is 0 Å². The first kappa shape index (κ1) is 12.5. The highest BCUT2D eigenvalue weighted by Crippen LogP contribution is 2.20. The molecule has 1 aromatic carbocycles. The number of rotatable bonds is 4. The summed E-state index contributed by atoms with van der Waals surface area (Å²) in [5.41, 5.74) is 2.50. The SMILES string of the molecule is COc1ccc([C@H](O)Cc2cnc(C)cn2)cc1. The summed E-state index contributed by atoms with van der Waals surface area (Å²) in [6, 6.07) is 7.37. The van der Waals surface area contributed by atoms with Crippen LogP contribution in [0.15, 0.2) is 36.7 Å². The van der Waals surface area contributed by atoms with Gasteiger partial charge in [0.15, 0.2) is 0 Å². The molecule has 4 nitrogen and oxygen atoms in total. The van der Waals surface area contributed by atoms with Gasteiger partial charge in [-0.1, -0.05) is 12.1 Å². The molecule has 1 atom stereocenters. The Morgan fingerprint density at radius 2 is 1.89 bits per heavy atom. The molecule has 2 rings (SSSR count). The van der Waals surface area contributed by atoms with E-state index < -0.39 is 6.10 Å². The summed E-state index contributed by atoms with van der Waals surface area (Å²) in [5.74, 6) is 0.779. The Morgan fingerprint density at radius 1 is 1.17 bits per heavy atom. The minimum atomic E-state index is -0.576. The van der Waals surface area contributed by atoms with Crippen molar-refractivity contribution in [3.8, 4) is 5.75 Å². The first-order valence-corrected chi connectivity index (χ1v) is 5.78. The minimum Gasteiger partial charge on any atom is -0.497 e. The van der Waals surface area contributed by atoms with Crippen molar-refractivity contribution in [3.63, 3.8) is 0 Å². The van der Waals surface area contributed by atoms with Crippen LogP contribution in [0.25, 0.3) is 0 Å². The van der Waals surface area contributed by atoms with Crippen molar-refractivity contribution in [2.75, 3.05) is 7.11 Å². The van der Waals surface area contributed by atoms with E-state index in [4.69, 9.17) is 4.74 Å². The van der Waals surface area contributed by atoms with Crippen LogP contribution in [0.5, 0.6) is 5.75 Å². The van der Waals surface area contributed by atoms with Gasteiger partial charge in [0.2, 0.25) is 0 Å². The zero-order valence-electron chi connectivity index (χ0n) is 10.5. The van der Waals surface area contributed by atoms with Crippen molar-refractivity contribution >= 4 is 0 Å². The molecule has 94 valence electrons. The fraction of sp³-hybridized carbons (Fsp3) is 0.286. The van der Waals surface area contributed by atoms with E-state index in [1.54, 1.807) is 19.5 Å². The molecule has 18 heavy (non-hydrogen) atoms. The molecule has 0 saturated carbocycles. The minimum absolute atomic E-state index is 0.458. The molecule has 0 amide bonds. The van der Waals surface area contributed by atoms with Crippen molar-refractivity contribution in [3.05, 3.63) is 53.6 Å². The monoisotopic (exact) mass is 244 g/mol. The molecule has 0 aliphatic rings. The highest BCUT2D eigenvalue weighted by molar-refractivity contribution is 5.28. The first-order valence-electron chi connectivity index (χ1n) is 5.78. The van der Waals surface area contributed by atoms with E-state index in [2.05, 4.69) is 9.97 Å². The molecule has 1 aromatic heterocycles. The second kappa shape index (κ2) is 5.60. The lowest BCUT2D eigenvalue weighted by Crippen LogP contribution is -2.04. The third kappa shape index (κ3) is 3.05. The fourth-order valence-corrected chi connectivity index (χ4v) is 1.67. The second-order valence-corrected chi connectivity index (χ2v) is 4.14. The highest BCUT2D eigenvalue weighted by Gasteiger charge is 2.09. The van der Waals surface area contributed by atoms with Gasteiger partial charge in [-0.3, -0.25) is 9.97 Å². The third-order valence-electron chi connectivity index (χ3n) is 2.74. The molecule has 0 aliphatic heterocycles. The topological polar surface area (TPSA) is 55.2 Å². The van der Waals surface area contributed by atoms with Gasteiger partial charge in [0, 0.05) is 18.8 Å². The van der Waals surface area contributed by atoms with E-state index >= 15 is 0 Å². The maximum Gasteiger partial charge on any atom is 0.118 e. The summed E-state index contributed by atoms with van der Waals surface area (Å²) in [7, 11) is 1.62. The van der Waals surface area contributed by atoms with Crippen LogP contribution in [-0.4, -0.2) is 22.2 Å². The zero-order valence-corrected chi connectivity index (χ0v) is 10.5. The number of aliphatic hydroxyl groups excluding tert-OH is 1. The number of aliphatic hydroxyl groups is 1. The summed E-state index contributed by atoms with van der Waals surface area (Å²) in [6.45, 7) is 1.89. The normalized spacial score (nSPS) is 12.2. The van der Waals surface area contributed by atoms with Gasteiger partial charge in [-0.25, -0.2) is 0 Å². The summed E-state index contributed by atoms with van der Waals surface area (Å²) in [6.07, 6.45) is 3.28. The van der Waals surface area contributed by atoms with Crippen LogP contribution in [0.2, 0.25) is 0 Å². The summed E-state index contributed by atoms with van der Waals surface area (Å²) in [4.78, 5) is 8.39. The third-order valence-corrected chi connectivity index (χ3v) is 2.74. The number of methoxy groups -OCH3 is 1. The van der Waals surface area contributed by atoms with Crippen molar-refractivity contribution in [2.45, 2.75) is 19.4 Å². The molecule has 0 saturated heterocycles. The molecule has 4 heteroatoms. The number of nitrogens with zero attached hydrogens (tertiary/aromatic N) is 2. The van der Waals surface area contributed by atoms with Crippen LogP contribution in [0, 0.1) is 6.92 Å². The van der Waals surface area contributed by atoms with Crippen molar-refractivity contribution in [1.29, 1.82) is 0 Å².